The predicted molar refractivity (Wildman–Crippen MR) is 341 cm³/mol. The van der Waals surface area contributed by atoms with Crippen molar-refractivity contribution < 1.29 is 196 Å². The van der Waals surface area contributed by atoms with Gasteiger partial charge in [-0.1, -0.05) is 0 Å². The molecule has 500 valence electrons. The van der Waals surface area contributed by atoms with Gasteiger partial charge in [0.15, 0.2) is 16.6 Å². The van der Waals surface area contributed by atoms with Crippen molar-refractivity contribution in [2.24, 2.45) is 0 Å². The van der Waals surface area contributed by atoms with Crippen molar-refractivity contribution in [3.63, 3.8) is 0 Å². The van der Waals surface area contributed by atoms with Crippen molar-refractivity contribution in [1.82, 2.24) is 0 Å². The summed E-state index contributed by atoms with van der Waals surface area (Å²) in [6, 6.07) is 0. The van der Waals surface area contributed by atoms with Crippen molar-refractivity contribution in [3.05, 3.63) is 0 Å². The van der Waals surface area contributed by atoms with Crippen LogP contribution in [-0.4, -0.2) is 359 Å². The first-order valence-corrected chi connectivity index (χ1v) is 137. The van der Waals surface area contributed by atoms with E-state index in [0.717, 1.165) is 0 Å². The number of hydrogen-bond acceptors (Lipinski definition) is 44. The lowest BCUT2D eigenvalue weighted by Gasteiger charge is -2.20. The van der Waals surface area contributed by atoms with Crippen LogP contribution >= 0.6 is 0 Å². The Labute approximate surface area is 592 Å². The average molecular weight is 2100 g/mol. The molecule has 0 aliphatic heterocycles. The highest BCUT2D eigenvalue weighted by Crippen LogP contribution is 2.06. The third-order valence-corrected chi connectivity index (χ3v) is 361. The third-order valence-electron chi connectivity index (χ3n) is 10.1. The fourth-order valence-corrected chi connectivity index (χ4v) is 532. The summed E-state index contributed by atoms with van der Waals surface area (Å²) < 4.78 is 548. The predicted octanol–water partition coefficient (Wildman–Crippen LogP) is -19.4. The van der Waals surface area contributed by atoms with E-state index in [-0.39, 0.29) is 0 Å². The van der Waals surface area contributed by atoms with Crippen molar-refractivity contribution in [1.29, 1.82) is 0 Å². The van der Waals surface area contributed by atoms with Gasteiger partial charge in [0.25, 0.3) is 0 Å². The zero-order chi connectivity index (χ0) is 76.9. The van der Waals surface area contributed by atoms with E-state index in [4.69, 9.17) is 8.23 Å². The van der Waals surface area contributed by atoms with Crippen LogP contribution in [0.5, 0.6) is 0 Å². The standard InChI is InChI=1S/C7H24O44Si46/c1-53(51-97(5,6)7)55(9)57(11)59(13)61(15)63(17)65(19)67(21)69(23)71(25)73(27)75(29)77(31)79(33)81(35)83(37)85(39)87(41)89(43)91(45)93(47)95(49)94(48)92(46)90(44)88(42)86(40)84(38)82(36)80(34)78(32)76(30)74(28)72(26)70(24)68(22)66(20)64(18)62(16)60(14)58(12)56(10)54(8)52-50-96(2,3)4/h53H,52H2,1-7H3. The second-order valence-electron chi connectivity index (χ2n) is 19.2. The fraction of sp³-hybridized carbons (Fsp3) is 1.00. The molecule has 0 aliphatic carbocycles. The van der Waals surface area contributed by atoms with Gasteiger partial charge < -0.3 is 196 Å². The van der Waals surface area contributed by atoms with E-state index in [0.29, 0.717) is 0 Å². The van der Waals surface area contributed by atoms with Gasteiger partial charge in [-0.15, -0.1) is 0 Å². The van der Waals surface area contributed by atoms with Crippen molar-refractivity contribution in [2.75, 3.05) is 0 Å². The number of rotatable bonds is 47. The second kappa shape index (κ2) is 42.9. The molecular formula is C7H24O44Si46. The Morgan fingerprint density at radius 1 is 0.186 bits per heavy atom. The van der Waals surface area contributed by atoms with Crippen LogP contribution < -0.4 is 0 Å². The summed E-state index contributed by atoms with van der Waals surface area (Å²) in [6.45, 7) is 11.2. The largest absolute Gasteiger partial charge is 0.457 e. The third kappa shape index (κ3) is 27.3. The molecule has 0 N–H and O–H groups in total. The molecule has 0 saturated carbocycles. The minimum Gasteiger partial charge on any atom is -0.457 e. The highest BCUT2D eigenvalue weighted by molar-refractivity contribution is 7.86. The van der Waals surface area contributed by atoms with E-state index in [1.807, 2.05) is 0 Å². The maximum atomic E-state index is 12.9. The molecule has 0 aromatic carbocycles. The van der Waals surface area contributed by atoms with E-state index in [2.05, 4.69) is 0 Å². The van der Waals surface area contributed by atoms with E-state index < -0.39 is 359 Å². The van der Waals surface area contributed by atoms with Gasteiger partial charge in [-0.3, -0.25) is 0 Å². The Balaban J connectivity index is 5.99. The molecule has 0 aromatic rings. The van der Waals surface area contributed by atoms with Crippen LogP contribution in [0.2, 0.25) is 45.8 Å². The van der Waals surface area contributed by atoms with Gasteiger partial charge in [0, 0.05) is 0 Å². The van der Waals surface area contributed by atoms with Crippen LogP contribution in [0.4, 0.5) is 0 Å². The summed E-state index contributed by atoms with van der Waals surface area (Å²) in [7, 11) is -202. The van der Waals surface area contributed by atoms with E-state index in [9.17, 15) is 187 Å². The van der Waals surface area contributed by atoms with Gasteiger partial charge in [-0.25, -0.2) is 0 Å². The summed E-state index contributed by atoms with van der Waals surface area (Å²) in [4.78, 5) is 0. The maximum Gasteiger partial charge on any atom is 0.381 e. The van der Waals surface area contributed by atoms with Gasteiger partial charge in [0.2, 0.25) is 17.8 Å². The zero-order valence-electron chi connectivity index (χ0n) is 48.2. The average Bonchev–Trinajstić information content (AvgIpc) is 0.841. The molecule has 0 fully saturated rings. The van der Waals surface area contributed by atoms with Crippen LogP contribution in [0.1, 0.15) is 0 Å². The molecule has 1 unspecified atom stereocenters. The monoisotopic (exact) mass is 2100 g/mol. The Hall–Kier alpha value is 1.50. The SMILES string of the molecule is C[SiH](O[Si](C)(C)C)[Si](=O)[Si](=O)[Si](=O)[Si](=O)[Si](=O)[Si](=O)[Si](=O)[Si](=O)[Si](=O)[Si](=O)[Si](=O)[Si](=O)[Si](=O)[Si](=O)[Si](=O)[Si](=O)[Si](=O)[Si](=O)[Si](=O)[Si](=O)[Si](=O)[Si](=O)[Si](=O)[Si](=O)[Si](=O)[Si](=O)[Si](=O)[Si](=O)[Si](=O)[Si](=O)[Si](=O)[Si](=O)[Si](=O)[Si](=O)[Si](=O)[Si](=O)[Si](=O)[Si](=O)[Si](=O)[Si](=O)[Si](=O)[Si](=O)[SiH2]O[Si](C)(C)C. The van der Waals surface area contributed by atoms with Gasteiger partial charge in [0.05, 0.1) is 0 Å². The first-order chi connectivity index (χ1) is 43.8. The number of hydrogen-bond donors (Lipinski definition) is 0. The molecule has 0 saturated heterocycles. The minimum absolute atomic E-state index is 1.31. The van der Waals surface area contributed by atoms with Crippen molar-refractivity contribution >= 4 is 359 Å². The molecule has 0 spiro atoms. The molecule has 0 amide bonds. The van der Waals surface area contributed by atoms with Crippen molar-refractivity contribution in [3.8, 4) is 0 Å². The zero-order valence-corrected chi connectivity index (χ0v) is 94.8. The minimum atomic E-state index is -4.88. The van der Waals surface area contributed by atoms with Gasteiger partial charge >= 0.3 is 324 Å². The Morgan fingerprint density at radius 3 is 0.412 bits per heavy atom. The molecule has 0 rings (SSSR count). The molecule has 0 aromatic heterocycles. The molecule has 44 nitrogen and oxygen atoms in total. The quantitative estimate of drug-likeness (QED) is 0.0511. The molecule has 0 heterocycles. The van der Waals surface area contributed by atoms with Gasteiger partial charge in [-0.05, 0) is 45.8 Å². The van der Waals surface area contributed by atoms with Gasteiger partial charge in [0.1, 0.15) is 0 Å². The van der Waals surface area contributed by atoms with Gasteiger partial charge in [-0.2, -0.15) is 0 Å². The van der Waals surface area contributed by atoms with E-state index in [1.165, 1.54) is 6.55 Å². The topological polar surface area (TPSA) is 735 Å². The normalized spacial score (nSPS) is 10.9. The summed E-state index contributed by atoms with van der Waals surface area (Å²) in [5.41, 5.74) is 0. The van der Waals surface area contributed by atoms with Crippen molar-refractivity contribution in [2.45, 2.75) is 45.8 Å². The molecule has 97 heavy (non-hydrogen) atoms. The highest BCUT2D eigenvalue weighted by atomic mass is 30.2. The maximum absolute atomic E-state index is 12.9. The van der Waals surface area contributed by atoms with Crippen LogP contribution in [0, 0.1) is 0 Å². The van der Waals surface area contributed by atoms with Crippen LogP contribution in [0.25, 0.3) is 0 Å². The lowest BCUT2D eigenvalue weighted by Crippen LogP contribution is -2.58. The molecular weight excluding hydrogens is 2080 g/mol. The lowest BCUT2D eigenvalue weighted by atomic mass is 11.8. The summed E-state index contributed by atoms with van der Waals surface area (Å²) in [5, 5.41) is 0. The molecule has 0 bridgehead atoms. The van der Waals surface area contributed by atoms with E-state index in [1.54, 1.807) is 39.3 Å². The summed E-state index contributed by atoms with van der Waals surface area (Å²) in [6.07, 6.45) is 0. The fourth-order valence-electron chi connectivity index (χ4n) is 5.27. The molecule has 1 atom stereocenters. The Bertz CT molecular complexity index is 4300. The first-order valence-electron chi connectivity index (χ1n) is 24.0. The summed E-state index contributed by atoms with van der Waals surface area (Å²) >= 11 is 0. The lowest BCUT2D eigenvalue weighted by molar-refractivity contribution is 0.531. The highest BCUT2D eigenvalue weighted by Gasteiger charge is 2.60. The molecule has 0 radical (unpaired) electrons. The van der Waals surface area contributed by atoms with E-state index >= 15 is 0 Å². The van der Waals surface area contributed by atoms with Crippen LogP contribution in [0.3, 0.4) is 0 Å². The smallest absolute Gasteiger partial charge is 0.381 e. The Kier molecular flexibility index (Phi) is 43.5. The van der Waals surface area contributed by atoms with Crippen LogP contribution in [-0.2, 0) is 196 Å². The molecule has 90 heteroatoms. The Morgan fingerprint density at radius 2 is 0.299 bits per heavy atom. The second-order valence-corrected chi connectivity index (χ2v) is 242. The first kappa shape index (κ1) is 98.5. The molecule has 0 aliphatic rings. The van der Waals surface area contributed by atoms with Crippen LogP contribution in [0.15, 0.2) is 0 Å². The summed E-state index contributed by atoms with van der Waals surface area (Å²) in [5.74, 6) is 0.